The van der Waals surface area contributed by atoms with Crippen LogP contribution in [0.2, 0.25) is 0 Å². The Hall–Kier alpha value is -0.700. The second kappa shape index (κ2) is 9.12. The van der Waals surface area contributed by atoms with E-state index in [1.54, 1.807) is 4.31 Å². The first kappa shape index (κ1) is 19.6. The second-order valence-corrected chi connectivity index (χ2v) is 9.08. The normalized spacial score (nSPS) is 26.0. The highest BCUT2D eigenvalue weighted by Crippen LogP contribution is 2.19. The number of ether oxygens (including phenoxy) is 1. The number of piperidine rings is 1. The molecule has 2 aliphatic rings. The standard InChI is InChI=1S/C16H31N3O4S/c1-13(2)23-9-10-24(21,22)19-8-4-5-14(12-19)11-18-16(20)15-6-3-7-17-15/h13-15,17H,3-12H2,1-2H3,(H,18,20). The number of nitrogens with one attached hydrogen (secondary N) is 2. The van der Waals surface area contributed by atoms with Crippen LogP contribution in [0.4, 0.5) is 0 Å². The van der Waals surface area contributed by atoms with Gasteiger partial charge < -0.3 is 15.4 Å². The van der Waals surface area contributed by atoms with Crippen molar-refractivity contribution in [2.45, 2.75) is 51.7 Å². The number of hydrogen-bond acceptors (Lipinski definition) is 5. The molecule has 0 aromatic carbocycles. The van der Waals surface area contributed by atoms with Gasteiger partial charge in [-0.25, -0.2) is 12.7 Å². The molecule has 24 heavy (non-hydrogen) atoms. The van der Waals surface area contributed by atoms with Crippen LogP contribution in [0.25, 0.3) is 0 Å². The van der Waals surface area contributed by atoms with Crippen LogP contribution in [0.1, 0.15) is 39.5 Å². The maximum atomic E-state index is 12.4. The van der Waals surface area contributed by atoms with E-state index in [1.807, 2.05) is 13.8 Å². The molecule has 2 atom stereocenters. The van der Waals surface area contributed by atoms with E-state index in [0.717, 1.165) is 32.2 Å². The molecule has 0 spiro atoms. The Balaban J connectivity index is 1.77. The fourth-order valence-corrected chi connectivity index (χ4v) is 4.65. The summed E-state index contributed by atoms with van der Waals surface area (Å²) in [5.74, 6) is 0.249. The van der Waals surface area contributed by atoms with Gasteiger partial charge in [-0.1, -0.05) is 0 Å². The number of nitrogens with zero attached hydrogens (tertiary/aromatic N) is 1. The van der Waals surface area contributed by atoms with Gasteiger partial charge >= 0.3 is 0 Å². The molecule has 2 rings (SSSR count). The summed E-state index contributed by atoms with van der Waals surface area (Å²) in [6.07, 6.45) is 3.74. The summed E-state index contributed by atoms with van der Waals surface area (Å²) >= 11 is 0. The average molecular weight is 362 g/mol. The van der Waals surface area contributed by atoms with Crippen LogP contribution in [0.15, 0.2) is 0 Å². The summed E-state index contributed by atoms with van der Waals surface area (Å²) in [5.41, 5.74) is 0. The van der Waals surface area contributed by atoms with Crippen molar-refractivity contribution < 1.29 is 17.9 Å². The zero-order chi connectivity index (χ0) is 17.6. The maximum Gasteiger partial charge on any atom is 0.237 e. The van der Waals surface area contributed by atoms with Crippen molar-refractivity contribution in [2.24, 2.45) is 5.92 Å². The number of carbonyl (C=O) groups excluding carboxylic acids is 1. The summed E-state index contributed by atoms with van der Waals surface area (Å²) in [7, 11) is -3.28. The van der Waals surface area contributed by atoms with Crippen molar-refractivity contribution in [3.05, 3.63) is 0 Å². The SMILES string of the molecule is CC(C)OCCS(=O)(=O)N1CCCC(CNC(=O)C2CCCN2)C1. The van der Waals surface area contributed by atoms with E-state index in [4.69, 9.17) is 4.74 Å². The Morgan fingerprint density at radius 2 is 2.12 bits per heavy atom. The van der Waals surface area contributed by atoms with E-state index in [9.17, 15) is 13.2 Å². The lowest BCUT2D eigenvalue weighted by molar-refractivity contribution is -0.123. The first-order valence-electron chi connectivity index (χ1n) is 8.99. The molecule has 1 amide bonds. The fourth-order valence-electron chi connectivity index (χ4n) is 3.24. The van der Waals surface area contributed by atoms with E-state index >= 15 is 0 Å². The van der Waals surface area contributed by atoms with Crippen LogP contribution in [0.5, 0.6) is 0 Å². The first-order chi connectivity index (χ1) is 11.4. The van der Waals surface area contributed by atoms with Gasteiger partial charge in [-0.2, -0.15) is 0 Å². The van der Waals surface area contributed by atoms with E-state index < -0.39 is 10.0 Å². The molecule has 2 saturated heterocycles. The first-order valence-corrected chi connectivity index (χ1v) is 10.6. The van der Waals surface area contributed by atoms with Gasteiger partial charge in [0.15, 0.2) is 0 Å². The molecule has 7 nitrogen and oxygen atoms in total. The van der Waals surface area contributed by atoms with Crippen LogP contribution in [0.3, 0.4) is 0 Å². The molecule has 2 aliphatic heterocycles. The summed E-state index contributed by atoms with van der Waals surface area (Å²) in [6, 6.07) is -0.0818. The minimum atomic E-state index is -3.28. The molecule has 140 valence electrons. The van der Waals surface area contributed by atoms with Gasteiger partial charge in [0.05, 0.1) is 24.5 Å². The molecule has 0 aromatic rings. The lowest BCUT2D eigenvalue weighted by Crippen LogP contribution is -2.47. The van der Waals surface area contributed by atoms with Gasteiger partial charge in [0, 0.05) is 19.6 Å². The fraction of sp³-hybridized carbons (Fsp3) is 0.938. The van der Waals surface area contributed by atoms with E-state index in [-0.39, 0.29) is 36.3 Å². The van der Waals surface area contributed by atoms with Gasteiger partial charge in [-0.05, 0) is 52.0 Å². The molecule has 0 radical (unpaired) electrons. The number of rotatable bonds is 8. The molecule has 0 bridgehead atoms. The van der Waals surface area contributed by atoms with Crippen LogP contribution >= 0.6 is 0 Å². The molecule has 2 unspecified atom stereocenters. The van der Waals surface area contributed by atoms with Crippen LogP contribution in [-0.2, 0) is 19.6 Å². The minimum Gasteiger partial charge on any atom is -0.378 e. The quantitative estimate of drug-likeness (QED) is 0.650. The lowest BCUT2D eigenvalue weighted by atomic mass is 9.99. The third kappa shape index (κ3) is 5.98. The number of amides is 1. The Labute approximate surface area is 145 Å². The number of hydrogen-bond donors (Lipinski definition) is 2. The summed E-state index contributed by atoms with van der Waals surface area (Å²) in [4.78, 5) is 12.0. The van der Waals surface area contributed by atoms with Crippen molar-refractivity contribution in [3.8, 4) is 0 Å². The van der Waals surface area contributed by atoms with Gasteiger partial charge in [-0.15, -0.1) is 0 Å². The van der Waals surface area contributed by atoms with E-state index in [0.29, 0.717) is 19.6 Å². The highest BCUT2D eigenvalue weighted by molar-refractivity contribution is 7.89. The topological polar surface area (TPSA) is 87.7 Å². The Bertz CT molecular complexity index is 503. The third-order valence-corrected chi connectivity index (χ3v) is 6.41. The molecule has 0 aromatic heterocycles. The third-order valence-electron chi connectivity index (χ3n) is 4.61. The molecular formula is C16H31N3O4S. The van der Waals surface area contributed by atoms with Crippen molar-refractivity contribution >= 4 is 15.9 Å². The monoisotopic (exact) mass is 361 g/mol. The van der Waals surface area contributed by atoms with Gasteiger partial charge in [-0.3, -0.25) is 4.79 Å². The molecule has 0 saturated carbocycles. The maximum absolute atomic E-state index is 12.4. The second-order valence-electron chi connectivity index (χ2n) is 7.00. The van der Waals surface area contributed by atoms with Crippen molar-refractivity contribution in [2.75, 3.05) is 38.5 Å². The van der Waals surface area contributed by atoms with Gasteiger partial charge in [0.2, 0.25) is 15.9 Å². The molecule has 8 heteroatoms. The predicted molar refractivity (Wildman–Crippen MR) is 93.2 cm³/mol. The lowest BCUT2D eigenvalue weighted by Gasteiger charge is -2.32. The smallest absolute Gasteiger partial charge is 0.237 e. The van der Waals surface area contributed by atoms with Crippen molar-refractivity contribution in [1.82, 2.24) is 14.9 Å². The molecule has 2 N–H and O–H groups in total. The van der Waals surface area contributed by atoms with Crippen LogP contribution < -0.4 is 10.6 Å². The van der Waals surface area contributed by atoms with E-state index in [2.05, 4.69) is 10.6 Å². The van der Waals surface area contributed by atoms with Gasteiger partial charge in [0.1, 0.15) is 0 Å². The summed E-state index contributed by atoms with van der Waals surface area (Å²) in [5, 5.41) is 6.15. The van der Waals surface area contributed by atoms with Gasteiger partial charge in [0.25, 0.3) is 0 Å². The Kier molecular flexibility index (Phi) is 7.46. The highest BCUT2D eigenvalue weighted by atomic mass is 32.2. The summed E-state index contributed by atoms with van der Waals surface area (Å²) in [6.45, 7) is 6.51. The molecule has 2 heterocycles. The van der Waals surface area contributed by atoms with Crippen molar-refractivity contribution in [3.63, 3.8) is 0 Å². The summed E-state index contributed by atoms with van der Waals surface area (Å²) < 4.78 is 31.7. The Morgan fingerprint density at radius 3 is 2.79 bits per heavy atom. The Morgan fingerprint density at radius 1 is 1.33 bits per heavy atom. The molecule has 2 fully saturated rings. The number of carbonyl (C=O) groups is 1. The zero-order valence-corrected chi connectivity index (χ0v) is 15.6. The largest absolute Gasteiger partial charge is 0.378 e. The minimum absolute atomic E-state index is 0.0241. The highest BCUT2D eigenvalue weighted by Gasteiger charge is 2.29. The van der Waals surface area contributed by atoms with Crippen LogP contribution in [-0.4, -0.2) is 69.3 Å². The zero-order valence-electron chi connectivity index (χ0n) is 14.8. The molecular weight excluding hydrogens is 330 g/mol. The molecule has 0 aliphatic carbocycles. The van der Waals surface area contributed by atoms with Crippen molar-refractivity contribution in [1.29, 1.82) is 0 Å². The average Bonchev–Trinajstić information content (AvgIpc) is 3.07. The number of sulfonamides is 1. The van der Waals surface area contributed by atoms with E-state index in [1.165, 1.54) is 0 Å². The predicted octanol–water partition coefficient (Wildman–Crippen LogP) is 0.321. The van der Waals surface area contributed by atoms with Crippen LogP contribution in [0, 0.1) is 5.92 Å².